The second-order valence-corrected chi connectivity index (χ2v) is 7.95. The van der Waals surface area contributed by atoms with Crippen LogP contribution in [0.4, 0.5) is 0 Å². The first-order valence-corrected chi connectivity index (χ1v) is 8.86. The first-order valence-electron chi connectivity index (χ1n) is 4.33. The summed E-state index contributed by atoms with van der Waals surface area (Å²) in [7, 11) is -13.6. The molecule has 0 atom stereocenters. The summed E-state index contributed by atoms with van der Waals surface area (Å²) in [6.45, 7) is 2.77. The molecule has 12 heteroatoms. The third-order valence-corrected chi connectivity index (χ3v) is 5.44. The van der Waals surface area contributed by atoms with E-state index in [9.17, 15) is 25.3 Å². The lowest BCUT2D eigenvalue weighted by atomic mass is 10.4. The summed E-state index contributed by atoms with van der Waals surface area (Å²) in [6.07, 6.45) is 0. The van der Waals surface area contributed by atoms with Gasteiger partial charge in [-0.1, -0.05) is 6.07 Å². The molecule has 106 valence electrons. The van der Waals surface area contributed by atoms with Gasteiger partial charge in [-0.3, -0.25) is 0 Å². The van der Waals surface area contributed by atoms with Crippen molar-refractivity contribution in [3.8, 4) is 0 Å². The lowest BCUT2D eigenvalue weighted by Gasteiger charge is -2.09. The summed E-state index contributed by atoms with van der Waals surface area (Å²) in [5.74, 6) is 0. The highest BCUT2D eigenvalue weighted by Gasteiger charge is 2.30. The van der Waals surface area contributed by atoms with Crippen molar-refractivity contribution in [2.24, 2.45) is 14.7 Å². The molecule has 0 spiro atoms. The van der Waals surface area contributed by atoms with Crippen LogP contribution in [0.15, 0.2) is 37.3 Å². The number of nitrogens with zero attached hydrogens (tertiary/aromatic N) is 1. The third-order valence-electron chi connectivity index (χ3n) is 1.98. The molecule has 1 aromatic carbocycles. The van der Waals surface area contributed by atoms with E-state index in [2.05, 4.69) is 11.1 Å². The zero-order valence-electron chi connectivity index (χ0n) is 9.22. The van der Waals surface area contributed by atoms with Crippen molar-refractivity contribution >= 4 is 36.8 Å². The van der Waals surface area contributed by atoms with Gasteiger partial charge in [-0.2, -0.15) is 12.8 Å². The molecule has 0 saturated heterocycles. The maximum Gasteiger partial charge on any atom is 0.283 e. The van der Waals surface area contributed by atoms with Gasteiger partial charge in [0, 0.05) is 6.72 Å². The summed E-state index contributed by atoms with van der Waals surface area (Å²) < 4.78 is 71.3. The number of benzene rings is 1. The average Bonchev–Trinajstić information content (AvgIpc) is 2.25. The molecule has 0 saturated carbocycles. The Morgan fingerprint density at radius 1 is 0.895 bits per heavy atom. The molecule has 9 nitrogen and oxygen atoms in total. The highest BCUT2D eigenvalue weighted by molar-refractivity contribution is 7.94. The Balaban J connectivity index is 4.07. The molecule has 0 aliphatic rings. The van der Waals surface area contributed by atoms with Crippen molar-refractivity contribution in [2.75, 3.05) is 0 Å². The summed E-state index contributed by atoms with van der Waals surface area (Å²) in [5.41, 5.74) is 0. The molecular formula is C7H9N3O6S3. The van der Waals surface area contributed by atoms with Crippen LogP contribution in [0, 0.1) is 0 Å². The van der Waals surface area contributed by atoms with E-state index in [4.69, 9.17) is 10.3 Å². The predicted molar refractivity (Wildman–Crippen MR) is 65.9 cm³/mol. The highest BCUT2D eigenvalue weighted by atomic mass is 32.2. The fourth-order valence-corrected chi connectivity index (χ4v) is 4.77. The number of hydrogen-bond donors (Lipinski definition) is 2. The lowest BCUT2D eigenvalue weighted by molar-refractivity contribution is 0.575. The minimum Gasteiger partial charge on any atom is -0.225 e. The largest absolute Gasteiger partial charge is 0.283 e. The van der Waals surface area contributed by atoms with Crippen molar-refractivity contribution in [3.63, 3.8) is 0 Å². The van der Waals surface area contributed by atoms with Crippen LogP contribution in [-0.2, 0) is 30.1 Å². The molecule has 1 rings (SSSR count). The van der Waals surface area contributed by atoms with Crippen LogP contribution >= 0.6 is 0 Å². The Kier molecular flexibility index (Phi) is 3.84. The fraction of sp³-hybridized carbons (Fsp3) is 0. The summed E-state index contributed by atoms with van der Waals surface area (Å²) >= 11 is 0. The maximum atomic E-state index is 11.6. The first kappa shape index (κ1) is 15.7. The Labute approximate surface area is 110 Å². The number of sulfonamides is 3. The Morgan fingerprint density at radius 3 is 1.74 bits per heavy atom. The molecule has 0 unspecified atom stereocenters. The number of primary sulfonamides is 2. The second kappa shape index (κ2) is 4.64. The van der Waals surface area contributed by atoms with E-state index in [1.54, 1.807) is 0 Å². The van der Waals surface area contributed by atoms with Gasteiger partial charge in [0.05, 0.1) is 0 Å². The van der Waals surface area contributed by atoms with Gasteiger partial charge in [-0.05, 0) is 12.1 Å². The Morgan fingerprint density at radius 2 is 1.37 bits per heavy atom. The normalized spacial score (nSPS) is 13.2. The number of hydrogen-bond acceptors (Lipinski definition) is 6. The van der Waals surface area contributed by atoms with E-state index in [0.717, 1.165) is 18.2 Å². The molecule has 0 aromatic heterocycles. The fourth-order valence-electron chi connectivity index (χ4n) is 1.27. The summed E-state index contributed by atoms with van der Waals surface area (Å²) in [6, 6.07) is 2.64. The van der Waals surface area contributed by atoms with Gasteiger partial charge in [0.15, 0.2) is 0 Å². The monoisotopic (exact) mass is 327 g/mol. The van der Waals surface area contributed by atoms with E-state index in [0.29, 0.717) is 0 Å². The summed E-state index contributed by atoms with van der Waals surface area (Å²) in [4.78, 5) is -2.97. The third kappa shape index (κ3) is 3.16. The smallest absolute Gasteiger partial charge is 0.225 e. The van der Waals surface area contributed by atoms with E-state index in [1.807, 2.05) is 0 Å². The number of rotatable bonds is 4. The zero-order valence-corrected chi connectivity index (χ0v) is 11.7. The zero-order chi connectivity index (χ0) is 15.1. The van der Waals surface area contributed by atoms with Crippen molar-refractivity contribution in [1.82, 2.24) is 0 Å². The summed E-state index contributed by atoms with van der Waals surface area (Å²) in [5, 5.41) is 9.65. The minimum atomic E-state index is -4.67. The maximum absolute atomic E-state index is 11.6. The Bertz CT molecular complexity index is 838. The molecular weight excluding hydrogens is 318 g/mol. The SMILES string of the molecule is C=NS(=O)(=O)c1cccc(S(N)(=O)=O)c1S(N)(=O)=O. The molecule has 0 fully saturated rings. The molecule has 4 N–H and O–H groups in total. The Hall–Kier alpha value is -1.34. The molecule has 1 aromatic rings. The van der Waals surface area contributed by atoms with Crippen molar-refractivity contribution < 1.29 is 25.3 Å². The highest BCUT2D eigenvalue weighted by Crippen LogP contribution is 2.27. The lowest BCUT2D eigenvalue weighted by Crippen LogP contribution is -2.23. The van der Waals surface area contributed by atoms with Crippen LogP contribution in [0.5, 0.6) is 0 Å². The van der Waals surface area contributed by atoms with Gasteiger partial charge in [-0.25, -0.2) is 27.1 Å². The van der Waals surface area contributed by atoms with E-state index in [1.165, 1.54) is 0 Å². The quantitative estimate of drug-likeness (QED) is 0.629. The van der Waals surface area contributed by atoms with Crippen LogP contribution in [0.2, 0.25) is 0 Å². The topological polar surface area (TPSA) is 167 Å². The second-order valence-electron chi connectivity index (χ2n) is 3.28. The van der Waals surface area contributed by atoms with Crippen molar-refractivity contribution in [3.05, 3.63) is 18.2 Å². The van der Waals surface area contributed by atoms with Crippen molar-refractivity contribution in [2.45, 2.75) is 14.7 Å². The van der Waals surface area contributed by atoms with Gasteiger partial charge >= 0.3 is 0 Å². The van der Waals surface area contributed by atoms with Crippen LogP contribution in [0.3, 0.4) is 0 Å². The van der Waals surface area contributed by atoms with Crippen LogP contribution in [0.1, 0.15) is 0 Å². The standard InChI is InChI=1S/C7H9N3O6S3/c1-10-19(15,16)6-4-2-3-5(17(8,11)12)7(6)18(9,13)14/h2-4H,1H2,(H2,8,11,12)(H2,9,13,14). The van der Waals surface area contributed by atoms with Crippen LogP contribution in [-0.4, -0.2) is 32.0 Å². The minimum absolute atomic E-state index is 0.817. The van der Waals surface area contributed by atoms with E-state index < -0.39 is 44.8 Å². The first-order chi connectivity index (χ1) is 8.41. The van der Waals surface area contributed by atoms with E-state index >= 15 is 0 Å². The molecule has 0 heterocycles. The predicted octanol–water partition coefficient (Wildman–Crippen LogP) is -1.63. The van der Waals surface area contributed by atoms with Gasteiger partial charge in [-0.15, -0.1) is 0 Å². The van der Waals surface area contributed by atoms with Crippen LogP contribution in [0.25, 0.3) is 0 Å². The molecule has 0 aliphatic heterocycles. The van der Waals surface area contributed by atoms with Crippen molar-refractivity contribution in [1.29, 1.82) is 0 Å². The number of nitrogens with two attached hydrogens (primary N) is 2. The van der Waals surface area contributed by atoms with E-state index in [-0.39, 0.29) is 0 Å². The molecule has 19 heavy (non-hydrogen) atoms. The molecule has 0 bridgehead atoms. The average molecular weight is 327 g/mol. The van der Waals surface area contributed by atoms with Gasteiger partial charge in [0.1, 0.15) is 14.7 Å². The molecule has 0 radical (unpaired) electrons. The molecule has 0 aliphatic carbocycles. The van der Waals surface area contributed by atoms with Gasteiger partial charge < -0.3 is 0 Å². The molecule has 0 amide bonds. The van der Waals surface area contributed by atoms with Gasteiger partial charge in [0.25, 0.3) is 10.0 Å². The van der Waals surface area contributed by atoms with Gasteiger partial charge in [0.2, 0.25) is 20.0 Å². The van der Waals surface area contributed by atoms with Crippen LogP contribution < -0.4 is 10.3 Å².